The summed E-state index contributed by atoms with van der Waals surface area (Å²) in [5, 5.41) is 0. The average molecular weight is 590 g/mol. The fourth-order valence-corrected chi connectivity index (χ4v) is 5.39. The Morgan fingerprint density at radius 2 is 1.52 bits per heavy atom. The van der Waals surface area contributed by atoms with Crippen molar-refractivity contribution < 1.29 is 41.8 Å². The third-order valence-electron chi connectivity index (χ3n) is 7.52. The van der Waals surface area contributed by atoms with Crippen molar-refractivity contribution in [2.24, 2.45) is 0 Å². The van der Waals surface area contributed by atoms with Gasteiger partial charge >= 0.3 is 24.1 Å². The van der Waals surface area contributed by atoms with Crippen LogP contribution in [0.25, 0.3) is 0 Å². The number of aryl methyl sites for hydroxylation is 1. The van der Waals surface area contributed by atoms with Crippen molar-refractivity contribution in [3.05, 3.63) is 70.8 Å². The maximum atomic E-state index is 13.1. The largest absolute Gasteiger partial charge is 0.491 e. The number of alkyl halides is 3. The Morgan fingerprint density at radius 3 is 2.10 bits per heavy atom. The Kier molecular flexibility index (Phi) is 11.4. The SMILES string of the molecule is Cc1ccc(C(CN(C)C)C2(OC(=O)CCCC(=O)Cc3ccc(C(=O)OC(=O)C(F)(F)F)cc3)CCCCC2)cc1. The lowest BCUT2D eigenvalue weighted by Crippen LogP contribution is -2.46. The highest BCUT2D eigenvalue weighted by Crippen LogP contribution is 2.43. The molecule has 0 aromatic heterocycles. The molecule has 1 atom stereocenters. The number of ketones is 1. The maximum Gasteiger partial charge on any atom is 0.491 e. The summed E-state index contributed by atoms with van der Waals surface area (Å²) in [6, 6.07) is 13.6. The number of carbonyl (C=O) groups is 4. The molecule has 0 bridgehead atoms. The summed E-state index contributed by atoms with van der Waals surface area (Å²) in [7, 11) is 4.03. The van der Waals surface area contributed by atoms with Crippen molar-refractivity contribution in [1.29, 1.82) is 0 Å². The van der Waals surface area contributed by atoms with Gasteiger partial charge in [0.05, 0.1) is 5.56 Å². The molecule has 0 radical (unpaired) electrons. The van der Waals surface area contributed by atoms with Crippen LogP contribution >= 0.6 is 0 Å². The van der Waals surface area contributed by atoms with Gasteiger partial charge in [0, 0.05) is 31.7 Å². The van der Waals surface area contributed by atoms with Gasteiger partial charge in [0.25, 0.3) is 0 Å². The Balaban J connectivity index is 1.55. The number of esters is 3. The molecule has 1 unspecified atom stereocenters. The zero-order chi connectivity index (χ0) is 30.9. The molecule has 0 N–H and O–H groups in total. The molecule has 0 saturated heterocycles. The first-order chi connectivity index (χ1) is 19.8. The fourth-order valence-electron chi connectivity index (χ4n) is 5.39. The number of hydrogen-bond donors (Lipinski definition) is 0. The van der Waals surface area contributed by atoms with E-state index < -0.39 is 23.7 Å². The monoisotopic (exact) mass is 589 g/mol. The maximum absolute atomic E-state index is 13.1. The van der Waals surface area contributed by atoms with Crippen LogP contribution in [0.5, 0.6) is 0 Å². The lowest BCUT2D eigenvalue weighted by Gasteiger charge is -2.44. The molecule has 7 nitrogen and oxygen atoms in total. The first-order valence-electron chi connectivity index (χ1n) is 14.2. The van der Waals surface area contributed by atoms with Crippen LogP contribution < -0.4 is 0 Å². The molecule has 10 heteroatoms. The Morgan fingerprint density at radius 1 is 0.905 bits per heavy atom. The molecule has 2 aromatic rings. The summed E-state index contributed by atoms with van der Waals surface area (Å²) in [6.45, 7) is 2.78. The lowest BCUT2D eigenvalue weighted by molar-refractivity contribution is -0.193. The summed E-state index contributed by atoms with van der Waals surface area (Å²) in [5.74, 6) is -4.46. The van der Waals surface area contributed by atoms with Gasteiger partial charge in [-0.3, -0.25) is 9.59 Å². The second-order valence-corrected chi connectivity index (χ2v) is 11.3. The Hall–Kier alpha value is -3.53. The van der Waals surface area contributed by atoms with E-state index in [-0.39, 0.29) is 42.5 Å². The van der Waals surface area contributed by atoms with Crippen LogP contribution in [0.15, 0.2) is 48.5 Å². The molecule has 1 fully saturated rings. The van der Waals surface area contributed by atoms with Gasteiger partial charge in [-0.15, -0.1) is 0 Å². The number of hydrogen-bond acceptors (Lipinski definition) is 7. The summed E-state index contributed by atoms with van der Waals surface area (Å²) >= 11 is 0. The van der Waals surface area contributed by atoms with Gasteiger partial charge in [0.1, 0.15) is 11.4 Å². The summed E-state index contributed by atoms with van der Waals surface area (Å²) in [4.78, 5) is 50.3. The van der Waals surface area contributed by atoms with Crippen molar-refractivity contribution in [1.82, 2.24) is 4.90 Å². The number of Topliss-reactive ketones (excluding diaryl/α,β-unsaturated/α-hetero) is 1. The second kappa shape index (κ2) is 14.6. The molecule has 42 heavy (non-hydrogen) atoms. The van der Waals surface area contributed by atoms with Gasteiger partial charge in [0.15, 0.2) is 0 Å². The number of carbonyl (C=O) groups excluding carboxylic acids is 4. The standard InChI is InChI=1S/C32H38F3NO6/c1-22-10-14-24(15-11-22)27(21-36(2)3)31(18-5-4-6-19-31)42-28(38)9-7-8-26(37)20-23-12-16-25(17-13-23)29(39)41-30(40)32(33,34)35/h10-17,27H,4-9,18-21H2,1-3H3. The van der Waals surface area contributed by atoms with E-state index in [0.29, 0.717) is 12.0 Å². The van der Waals surface area contributed by atoms with Gasteiger partial charge in [0.2, 0.25) is 0 Å². The molecule has 3 rings (SSSR count). The number of halogens is 3. The van der Waals surface area contributed by atoms with Crippen molar-refractivity contribution in [2.75, 3.05) is 20.6 Å². The van der Waals surface area contributed by atoms with Gasteiger partial charge in [-0.1, -0.05) is 48.4 Å². The molecule has 2 aromatic carbocycles. The Bertz CT molecular complexity index is 1230. The van der Waals surface area contributed by atoms with Crippen LogP contribution in [0.3, 0.4) is 0 Å². The van der Waals surface area contributed by atoms with Crippen LogP contribution in [0.1, 0.15) is 84.3 Å². The zero-order valence-electron chi connectivity index (χ0n) is 24.3. The van der Waals surface area contributed by atoms with Crippen LogP contribution in [0.2, 0.25) is 0 Å². The number of rotatable bonds is 12. The van der Waals surface area contributed by atoms with E-state index >= 15 is 0 Å². The van der Waals surface area contributed by atoms with Crippen molar-refractivity contribution >= 4 is 23.7 Å². The molecule has 0 heterocycles. The zero-order valence-corrected chi connectivity index (χ0v) is 24.3. The number of likely N-dealkylation sites (N-methyl/N-ethyl adjacent to an activating group) is 1. The lowest BCUT2D eigenvalue weighted by atomic mass is 9.72. The minimum Gasteiger partial charge on any atom is -0.458 e. The van der Waals surface area contributed by atoms with Crippen molar-refractivity contribution in [3.8, 4) is 0 Å². The average Bonchev–Trinajstić information content (AvgIpc) is 2.92. The minimum atomic E-state index is -5.28. The second-order valence-electron chi connectivity index (χ2n) is 11.3. The minimum absolute atomic E-state index is 0.0193. The fraction of sp³-hybridized carbons (Fsp3) is 0.500. The third-order valence-corrected chi connectivity index (χ3v) is 7.52. The topological polar surface area (TPSA) is 90.0 Å². The first-order valence-corrected chi connectivity index (χ1v) is 14.2. The highest BCUT2D eigenvalue weighted by Gasteiger charge is 2.44. The number of benzene rings is 2. The van der Waals surface area contributed by atoms with E-state index in [9.17, 15) is 32.3 Å². The molecule has 228 valence electrons. The van der Waals surface area contributed by atoms with E-state index in [2.05, 4.69) is 33.9 Å². The van der Waals surface area contributed by atoms with Gasteiger partial charge in [-0.25, -0.2) is 9.59 Å². The van der Waals surface area contributed by atoms with E-state index in [1.807, 2.05) is 21.0 Å². The summed E-state index contributed by atoms with van der Waals surface area (Å²) in [6.07, 6.45) is -0.0398. The van der Waals surface area contributed by atoms with Crippen LogP contribution in [-0.2, 0) is 30.3 Å². The molecule has 1 aliphatic carbocycles. The molecule has 1 saturated carbocycles. The third kappa shape index (κ3) is 9.51. The first kappa shape index (κ1) is 33.0. The molecule has 0 amide bonds. The Labute approximate surface area is 244 Å². The predicted octanol–water partition coefficient (Wildman–Crippen LogP) is 6.11. The van der Waals surface area contributed by atoms with Crippen molar-refractivity contribution in [2.45, 2.75) is 82.4 Å². The highest BCUT2D eigenvalue weighted by molar-refractivity contribution is 5.98. The van der Waals surface area contributed by atoms with Gasteiger partial charge in [-0.05, 0) is 76.4 Å². The van der Waals surface area contributed by atoms with Crippen LogP contribution in [-0.4, -0.2) is 61.0 Å². The molecule has 0 spiro atoms. The molecule has 1 aliphatic rings. The molecular weight excluding hydrogens is 551 g/mol. The van der Waals surface area contributed by atoms with E-state index in [1.54, 1.807) is 0 Å². The van der Waals surface area contributed by atoms with E-state index in [4.69, 9.17) is 4.74 Å². The smallest absolute Gasteiger partial charge is 0.458 e. The number of ether oxygens (including phenoxy) is 2. The summed E-state index contributed by atoms with van der Waals surface area (Å²) in [5.41, 5.74) is 1.99. The highest BCUT2D eigenvalue weighted by atomic mass is 19.4. The quantitative estimate of drug-likeness (QED) is 0.218. The van der Waals surface area contributed by atoms with E-state index in [0.717, 1.165) is 49.8 Å². The van der Waals surface area contributed by atoms with Gasteiger partial charge < -0.3 is 14.4 Å². The predicted molar refractivity (Wildman–Crippen MR) is 150 cm³/mol. The number of nitrogens with zero attached hydrogens (tertiary/aromatic N) is 1. The molecular formula is C32H38F3NO6. The normalized spacial score (nSPS) is 15.6. The van der Waals surface area contributed by atoms with Crippen LogP contribution in [0, 0.1) is 6.92 Å². The van der Waals surface area contributed by atoms with Crippen LogP contribution in [0.4, 0.5) is 13.2 Å². The van der Waals surface area contributed by atoms with E-state index in [1.165, 1.54) is 24.3 Å². The molecule has 0 aliphatic heterocycles. The van der Waals surface area contributed by atoms with Crippen molar-refractivity contribution in [3.63, 3.8) is 0 Å². The van der Waals surface area contributed by atoms with Gasteiger partial charge in [-0.2, -0.15) is 13.2 Å². The summed E-state index contributed by atoms with van der Waals surface area (Å²) < 4.78 is 47.0.